The molecule has 1 aliphatic rings. The Morgan fingerprint density at radius 2 is 1.94 bits per heavy atom. The molecule has 1 aromatic rings. The van der Waals surface area contributed by atoms with Gasteiger partial charge in [-0.1, -0.05) is 0 Å². The summed E-state index contributed by atoms with van der Waals surface area (Å²) >= 11 is 0. The van der Waals surface area contributed by atoms with E-state index < -0.39 is 0 Å². The van der Waals surface area contributed by atoms with Crippen molar-refractivity contribution >= 4 is 0 Å². The summed E-state index contributed by atoms with van der Waals surface area (Å²) < 4.78 is 19.5. The minimum absolute atomic E-state index is 0.120. The predicted molar refractivity (Wildman–Crippen MR) is 62.2 cm³/mol. The van der Waals surface area contributed by atoms with Crippen molar-refractivity contribution in [2.45, 2.75) is 38.6 Å². The molecule has 0 heterocycles. The van der Waals surface area contributed by atoms with Gasteiger partial charge >= 0.3 is 0 Å². The highest BCUT2D eigenvalue weighted by Crippen LogP contribution is 2.35. The Labute approximate surface area is 95.6 Å². The van der Waals surface area contributed by atoms with Gasteiger partial charge in [-0.25, -0.2) is 4.39 Å². The average molecular weight is 223 g/mol. The number of hydrogen-bond acceptors (Lipinski definition) is 2. The average Bonchev–Trinajstić information content (AvgIpc) is 2.29. The summed E-state index contributed by atoms with van der Waals surface area (Å²) in [6.45, 7) is 1.80. The summed E-state index contributed by atoms with van der Waals surface area (Å²) in [5.41, 5.74) is 8.20. The van der Waals surface area contributed by atoms with Crippen LogP contribution in [0.2, 0.25) is 0 Å². The topological polar surface area (TPSA) is 35.2 Å². The molecule has 0 saturated heterocycles. The fourth-order valence-electron chi connectivity index (χ4n) is 2.40. The van der Waals surface area contributed by atoms with Gasteiger partial charge < -0.3 is 10.5 Å². The fraction of sp³-hybridized carbons (Fsp3) is 0.538. The lowest BCUT2D eigenvalue weighted by Crippen LogP contribution is -2.14. The lowest BCUT2D eigenvalue weighted by molar-refractivity contribution is 0.401. The molecule has 2 N–H and O–H groups in total. The molecule has 2 nitrogen and oxygen atoms in total. The normalized spacial score (nSPS) is 16.8. The van der Waals surface area contributed by atoms with Crippen LogP contribution in [0.4, 0.5) is 4.39 Å². The summed E-state index contributed by atoms with van der Waals surface area (Å²) in [5.74, 6) is 0.675. The van der Waals surface area contributed by atoms with Crippen LogP contribution >= 0.6 is 0 Å². The van der Waals surface area contributed by atoms with Crippen molar-refractivity contribution in [3.05, 3.63) is 28.6 Å². The largest absolute Gasteiger partial charge is 0.496 e. The molecule has 0 aliphatic heterocycles. The molecule has 1 aromatic carbocycles. The van der Waals surface area contributed by atoms with Crippen LogP contribution in [0.5, 0.6) is 5.75 Å². The Balaban J connectivity index is 2.60. The van der Waals surface area contributed by atoms with E-state index in [1.54, 1.807) is 20.1 Å². The predicted octanol–water partition coefficient (Wildman–Crippen LogP) is 2.73. The molecular formula is C13H18FNO. The Kier molecular flexibility index (Phi) is 3.15. The fourth-order valence-corrected chi connectivity index (χ4v) is 2.40. The third-order valence-electron chi connectivity index (χ3n) is 3.28. The summed E-state index contributed by atoms with van der Waals surface area (Å²) in [6, 6.07) is 1.46. The van der Waals surface area contributed by atoms with Crippen LogP contribution in [0.1, 0.15) is 42.5 Å². The molecule has 1 atom stereocenters. The van der Waals surface area contributed by atoms with Gasteiger partial charge in [0.05, 0.1) is 7.11 Å². The molecule has 0 saturated carbocycles. The second-order valence-electron chi connectivity index (χ2n) is 4.43. The van der Waals surface area contributed by atoms with Crippen molar-refractivity contribution in [3.8, 4) is 5.75 Å². The van der Waals surface area contributed by atoms with E-state index in [9.17, 15) is 4.39 Å². The van der Waals surface area contributed by atoms with E-state index in [-0.39, 0.29) is 11.9 Å². The van der Waals surface area contributed by atoms with Gasteiger partial charge in [0.2, 0.25) is 0 Å². The summed E-state index contributed by atoms with van der Waals surface area (Å²) in [6.07, 6.45) is 3.88. The van der Waals surface area contributed by atoms with E-state index in [1.165, 1.54) is 0 Å². The zero-order chi connectivity index (χ0) is 11.7. The number of methoxy groups -OCH3 is 1. The number of hydrogen-bond donors (Lipinski definition) is 1. The van der Waals surface area contributed by atoms with Gasteiger partial charge in [-0.05, 0) is 44.2 Å². The second kappa shape index (κ2) is 4.42. The van der Waals surface area contributed by atoms with Crippen LogP contribution in [-0.4, -0.2) is 7.11 Å². The van der Waals surface area contributed by atoms with Crippen LogP contribution in [0, 0.1) is 5.82 Å². The van der Waals surface area contributed by atoms with Crippen LogP contribution in [0.25, 0.3) is 0 Å². The molecule has 1 unspecified atom stereocenters. The molecule has 16 heavy (non-hydrogen) atoms. The van der Waals surface area contributed by atoms with Crippen molar-refractivity contribution in [1.82, 2.24) is 0 Å². The van der Waals surface area contributed by atoms with Gasteiger partial charge in [-0.2, -0.15) is 0 Å². The molecule has 0 radical (unpaired) electrons. The van der Waals surface area contributed by atoms with Gasteiger partial charge in [0.15, 0.2) is 0 Å². The maximum absolute atomic E-state index is 14.2. The van der Waals surface area contributed by atoms with E-state index in [0.29, 0.717) is 5.56 Å². The molecule has 2 rings (SSSR count). The van der Waals surface area contributed by atoms with Gasteiger partial charge in [-0.3, -0.25) is 0 Å². The maximum atomic E-state index is 14.2. The lowest BCUT2D eigenvalue weighted by atomic mass is 9.88. The highest BCUT2D eigenvalue weighted by atomic mass is 19.1. The number of fused-ring (bicyclic) bond motifs is 1. The first-order valence-corrected chi connectivity index (χ1v) is 5.79. The standard InChI is InChI=1S/C13H18FNO/c1-8(15)11-7-12(16-2)9-5-3-4-6-10(9)13(11)14/h7-8H,3-6,15H2,1-2H3. The minimum atomic E-state index is -0.291. The molecule has 0 amide bonds. The van der Waals surface area contributed by atoms with Crippen LogP contribution in [0.3, 0.4) is 0 Å². The zero-order valence-corrected chi connectivity index (χ0v) is 9.85. The van der Waals surface area contributed by atoms with Crippen LogP contribution < -0.4 is 10.5 Å². The Morgan fingerprint density at radius 1 is 1.31 bits per heavy atom. The SMILES string of the molecule is COc1cc(C(C)N)c(F)c2c1CCCC2. The summed E-state index contributed by atoms with van der Waals surface area (Å²) in [5, 5.41) is 0. The van der Waals surface area contributed by atoms with E-state index in [2.05, 4.69) is 0 Å². The van der Waals surface area contributed by atoms with Crippen LogP contribution in [0.15, 0.2) is 6.07 Å². The first-order chi connectivity index (χ1) is 7.65. The summed E-state index contributed by atoms with van der Waals surface area (Å²) in [7, 11) is 1.63. The van der Waals surface area contributed by atoms with Gasteiger partial charge in [-0.15, -0.1) is 0 Å². The molecule has 3 heteroatoms. The zero-order valence-electron chi connectivity index (χ0n) is 9.85. The quantitative estimate of drug-likeness (QED) is 0.836. The summed E-state index contributed by atoms with van der Waals surface area (Å²) in [4.78, 5) is 0. The van der Waals surface area contributed by atoms with Gasteiger partial charge in [0.1, 0.15) is 11.6 Å². The lowest BCUT2D eigenvalue weighted by Gasteiger charge is -2.22. The highest BCUT2D eigenvalue weighted by Gasteiger charge is 2.22. The molecular weight excluding hydrogens is 205 g/mol. The second-order valence-corrected chi connectivity index (χ2v) is 4.43. The van der Waals surface area contributed by atoms with Crippen molar-refractivity contribution in [3.63, 3.8) is 0 Å². The van der Waals surface area contributed by atoms with Gasteiger partial charge in [0, 0.05) is 17.2 Å². The van der Waals surface area contributed by atoms with E-state index in [0.717, 1.165) is 42.6 Å². The third-order valence-corrected chi connectivity index (χ3v) is 3.28. The van der Waals surface area contributed by atoms with E-state index in [1.807, 2.05) is 0 Å². The molecule has 0 spiro atoms. The van der Waals surface area contributed by atoms with Crippen molar-refractivity contribution in [2.24, 2.45) is 5.73 Å². The number of halogens is 1. The van der Waals surface area contributed by atoms with Crippen molar-refractivity contribution in [1.29, 1.82) is 0 Å². The third kappa shape index (κ3) is 1.80. The smallest absolute Gasteiger partial charge is 0.131 e. The monoisotopic (exact) mass is 223 g/mol. The molecule has 0 fully saturated rings. The molecule has 0 aromatic heterocycles. The first-order valence-electron chi connectivity index (χ1n) is 5.79. The van der Waals surface area contributed by atoms with E-state index in [4.69, 9.17) is 10.5 Å². The molecule has 1 aliphatic carbocycles. The number of ether oxygens (including phenoxy) is 1. The Bertz CT molecular complexity index is 401. The van der Waals surface area contributed by atoms with Gasteiger partial charge in [0.25, 0.3) is 0 Å². The van der Waals surface area contributed by atoms with E-state index >= 15 is 0 Å². The maximum Gasteiger partial charge on any atom is 0.131 e. The number of benzene rings is 1. The molecule has 0 bridgehead atoms. The Morgan fingerprint density at radius 3 is 2.50 bits per heavy atom. The number of nitrogens with two attached hydrogens (primary N) is 1. The minimum Gasteiger partial charge on any atom is -0.496 e. The van der Waals surface area contributed by atoms with Crippen molar-refractivity contribution in [2.75, 3.05) is 7.11 Å². The molecule has 88 valence electrons. The first kappa shape index (κ1) is 11.4. The number of rotatable bonds is 2. The Hall–Kier alpha value is -1.09. The van der Waals surface area contributed by atoms with Crippen molar-refractivity contribution < 1.29 is 9.13 Å². The van der Waals surface area contributed by atoms with Crippen LogP contribution in [-0.2, 0) is 12.8 Å². The highest BCUT2D eigenvalue weighted by molar-refractivity contribution is 5.47.